The third-order valence-electron chi connectivity index (χ3n) is 4.87. The molecule has 2 amide bonds. The van der Waals surface area contributed by atoms with E-state index >= 15 is 0 Å². The van der Waals surface area contributed by atoms with E-state index in [4.69, 9.17) is 4.74 Å². The molecule has 28 heavy (non-hydrogen) atoms. The molecular formula is C23H28N2O3. The Morgan fingerprint density at radius 3 is 2.64 bits per heavy atom. The summed E-state index contributed by atoms with van der Waals surface area (Å²) in [5.74, 6) is 0.791. The second-order valence-electron chi connectivity index (χ2n) is 7.45. The number of ether oxygens (including phenoxy) is 1. The van der Waals surface area contributed by atoms with Gasteiger partial charge in [-0.05, 0) is 63.3 Å². The lowest BCUT2D eigenvalue weighted by Crippen LogP contribution is -2.27. The molecule has 1 aliphatic rings. The first-order valence-electron chi connectivity index (χ1n) is 9.90. The van der Waals surface area contributed by atoms with Crippen LogP contribution >= 0.6 is 0 Å². The summed E-state index contributed by atoms with van der Waals surface area (Å²) in [6, 6.07) is 13.1. The molecule has 1 aliphatic carbocycles. The van der Waals surface area contributed by atoms with Gasteiger partial charge in [0.05, 0.1) is 18.2 Å². The Kier molecular flexibility index (Phi) is 6.34. The van der Waals surface area contributed by atoms with E-state index in [2.05, 4.69) is 16.7 Å². The second-order valence-corrected chi connectivity index (χ2v) is 7.45. The molecule has 0 spiro atoms. The summed E-state index contributed by atoms with van der Waals surface area (Å²) in [7, 11) is 0. The van der Waals surface area contributed by atoms with E-state index < -0.39 is 0 Å². The first kappa shape index (κ1) is 19.9. The van der Waals surface area contributed by atoms with E-state index in [1.165, 1.54) is 0 Å². The van der Waals surface area contributed by atoms with Gasteiger partial charge in [-0.3, -0.25) is 9.59 Å². The van der Waals surface area contributed by atoms with Crippen molar-refractivity contribution in [3.63, 3.8) is 0 Å². The molecule has 0 heterocycles. The van der Waals surface area contributed by atoms with E-state index in [9.17, 15) is 9.59 Å². The normalized spacial score (nSPS) is 14.2. The van der Waals surface area contributed by atoms with E-state index in [0.29, 0.717) is 35.9 Å². The number of carbonyl (C=O) groups is 2. The van der Waals surface area contributed by atoms with E-state index in [1.54, 1.807) is 18.2 Å². The van der Waals surface area contributed by atoms with Gasteiger partial charge in [0.25, 0.3) is 5.91 Å². The van der Waals surface area contributed by atoms with E-state index in [-0.39, 0.29) is 17.9 Å². The highest BCUT2D eigenvalue weighted by Crippen LogP contribution is 2.33. The number of amides is 2. The Balaban J connectivity index is 1.75. The molecule has 0 saturated heterocycles. The summed E-state index contributed by atoms with van der Waals surface area (Å²) in [4.78, 5) is 25.0. The minimum absolute atomic E-state index is 0.00820. The molecule has 1 unspecified atom stereocenters. The van der Waals surface area contributed by atoms with Crippen molar-refractivity contribution in [2.75, 3.05) is 11.9 Å². The van der Waals surface area contributed by atoms with Crippen LogP contribution in [0.25, 0.3) is 0 Å². The van der Waals surface area contributed by atoms with Crippen LogP contribution in [0.15, 0.2) is 42.5 Å². The number of benzene rings is 2. The van der Waals surface area contributed by atoms with Gasteiger partial charge >= 0.3 is 0 Å². The molecule has 1 fully saturated rings. The molecule has 5 heteroatoms. The van der Waals surface area contributed by atoms with Crippen molar-refractivity contribution in [1.82, 2.24) is 5.32 Å². The van der Waals surface area contributed by atoms with Crippen molar-refractivity contribution in [3.8, 4) is 5.75 Å². The average Bonchev–Trinajstić information content (AvgIpc) is 3.47. The third-order valence-corrected chi connectivity index (χ3v) is 4.87. The quantitative estimate of drug-likeness (QED) is 0.702. The van der Waals surface area contributed by atoms with Crippen molar-refractivity contribution in [2.45, 2.75) is 46.1 Å². The van der Waals surface area contributed by atoms with Crippen molar-refractivity contribution in [1.29, 1.82) is 0 Å². The van der Waals surface area contributed by atoms with Gasteiger partial charge < -0.3 is 15.4 Å². The summed E-state index contributed by atoms with van der Waals surface area (Å²) in [5, 5.41) is 5.93. The summed E-state index contributed by atoms with van der Waals surface area (Å²) < 4.78 is 5.63. The van der Waals surface area contributed by atoms with Gasteiger partial charge in [0.15, 0.2) is 0 Å². The molecule has 0 aromatic heterocycles. The maximum Gasteiger partial charge on any atom is 0.255 e. The van der Waals surface area contributed by atoms with Crippen molar-refractivity contribution >= 4 is 17.5 Å². The van der Waals surface area contributed by atoms with E-state index in [1.807, 2.05) is 39.0 Å². The Bertz CT molecular complexity index is 859. The lowest BCUT2D eigenvalue weighted by molar-refractivity contribution is -0.116. The molecule has 3 rings (SSSR count). The fourth-order valence-electron chi connectivity index (χ4n) is 3.16. The molecule has 0 radical (unpaired) electrons. The van der Waals surface area contributed by atoms with Crippen LogP contribution in [0.4, 0.5) is 5.69 Å². The average molecular weight is 380 g/mol. The zero-order valence-electron chi connectivity index (χ0n) is 16.7. The van der Waals surface area contributed by atoms with Crippen LogP contribution in [0.5, 0.6) is 5.75 Å². The zero-order chi connectivity index (χ0) is 20.1. The van der Waals surface area contributed by atoms with Crippen LogP contribution in [0, 0.1) is 12.8 Å². The standard InChI is InChI=1S/C23H28N2O3/c1-4-28-21-11-10-19(25-22(26)13-17-8-9-17)14-20(21)23(27)24-16(3)18-7-5-6-15(2)12-18/h5-7,10-12,14,16-17H,4,8-9,13H2,1-3H3,(H,24,27)(H,25,26). The van der Waals surface area contributed by atoms with Crippen LogP contribution < -0.4 is 15.4 Å². The first-order valence-corrected chi connectivity index (χ1v) is 9.90. The Hall–Kier alpha value is -2.82. The fourth-order valence-corrected chi connectivity index (χ4v) is 3.16. The largest absolute Gasteiger partial charge is 0.493 e. The van der Waals surface area contributed by atoms with Gasteiger partial charge in [0.2, 0.25) is 5.91 Å². The maximum absolute atomic E-state index is 12.9. The molecule has 2 aromatic rings. The first-order chi connectivity index (χ1) is 13.5. The highest BCUT2D eigenvalue weighted by atomic mass is 16.5. The number of hydrogen-bond donors (Lipinski definition) is 2. The number of carbonyl (C=O) groups excluding carboxylic acids is 2. The number of nitrogens with one attached hydrogen (secondary N) is 2. The Morgan fingerprint density at radius 1 is 1.18 bits per heavy atom. The Labute approximate surface area is 166 Å². The second kappa shape index (κ2) is 8.91. The smallest absolute Gasteiger partial charge is 0.255 e. The van der Waals surface area contributed by atoms with Gasteiger partial charge in [0.1, 0.15) is 5.75 Å². The molecule has 148 valence electrons. The minimum Gasteiger partial charge on any atom is -0.493 e. The maximum atomic E-state index is 12.9. The van der Waals surface area contributed by atoms with E-state index in [0.717, 1.165) is 24.0 Å². The highest BCUT2D eigenvalue weighted by Gasteiger charge is 2.24. The van der Waals surface area contributed by atoms with Gasteiger partial charge in [-0.15, -0.1) is 0 Å². The SMILES string of the molecule is CCOc1ccc(NC(=O)CC2CC2)cc1C(=O)NC(C)c1cccc(C)c1. The molecule has 0 bridgehead atoms. The molecule has 2 aromatic carbocycles. The number of rotatable bonds is 8. The monoisotopic (exact) mass is 380 g/mol. The molecule has 1 atom stereocenters. The lowest BCUT2D eigenvalue weighted by Gasteiger charge is -2.17. The molecule has 2 N–H and O–H groups in total. The predicted octanol–water partition coefficient (Wildman–Crippen LogP) is 4.62. The van der Waals surface area contributed by atoms with Crippen molar-refractivity contribution < 1.29 is 14.3 Å². The predicted molar refractivity (Wildman–Crippen MR) is 111 cm³/mol. The van der Waals surface area contributed by atoms with Crippen LogP contribution in [-0.4, -0.2) is 18.4 Å². The van der Waals surface area contributed by atoms with Gasteiger partial charge in [-0.2, -0.15) is 0 Å². The molecule has 0 aliphatic heterocycles. The number of aryl methyl sites for hydroxylation is 1. The topological polar surface area (TPSA) is 67.4 Å². The van der Waals surface area contributed by atoms with Crippen molar-refractivity contribution in [2.24, 2.45) is 5.92 Å². The lowest BCUT2D eigenvalue weighted by atomic mass is 10.0. The van der Waals surface area contributed by atoms with Crippen molar-refractivity contribution in [3.05, 3.63) is 59.2 Å². The van der Waals surface area contributed by atoms with Crippen LogP contribution in [0.1, 0.15) is 60.6 Å². The number of anilines is 1. The summed E-state index contributed by atoms with van der Waals surface area (Å²) in [5.41, 5.74) is 3.22. The third kappa shape index (κ3) is 5.35. The van der Waals surface area contributed by atoms with Gasteiger partial charge in [0, 0.05) is 12.1 Å². The summed E-state index contributed by atoms with van der Waals surface area (Å²) in [6.07, 6.45) is 2.79. The van der Waals surface area contributed by atoms with Crippen LogP contribution in [-0.2, 0) is 4.79 Å². The van der Waals surface area contributed by atoms with Crippen LogP contribution in [0.2, 0.25) is 0 Å². The number of hydrogen-bond acceptors (Lipinski definition) is 3. The van der Waals surface area contributed by atoms with Gasteiger partial charge in [-0.1, -0.05) is 29.8 Å². The fraction of sp³-hybridized carbons (Fsp3) is 0.391. The molecule has 5 nitrogen and oxygen atoms in total. The minimum atomic E-state index is -0.226. The highest BCUT2D eigenvalue weighted by molar-refractivity contribution is 5.99. The van der Waals surface area contributed by atoms with Gasteiger partial charge in [-0.25, -0.2) is 0 Å². The van der Waals surface area contributed by atoms with Crippen LogP contribution in [0.3, 0.4) is 0 Å². The zero-order valence-corrected chi connectivity index (χ0v) is 16.7. The molecular weight excluding hydrogens is 352 g/mol. The summed E-state index contributed by atoms with van der Waals surface area (Å²) in [6.45, 7) is 6.32. The Morgan fingerprint density at radius 2 is 1.96 bits per heavy atom. The summed E-state index contributed by atoms with van der Waals surface area (Å²) >= 11 is 0. The molecule has 1 saturated carbocycles.